The van der Waals surface area contributed by atoms with E-state index in [1.165, 1.54) is 0 Å². The molecule has 2 aliphatic heterocycles. The molecule has 9 nitrogen and oxygen atoms in total. The Hall–Kier alpha value is -1.19. The summed E-state index contributed by atoms with van der Waals surface area (Å²) in [5.41, 5.74) is 6.26. The highest BCUT2D eigenvalue weighted by Gasteiger charge is 2.40. The van der Waals surface area contributed by atoms with Gasteiger partial charge < -0.3 is 18.7 Å². The minimum atomic E-state index is -3.72. The first-order chi connectivity index (χ1) is 12.6. The van der Waals surface area contributed by atoms with Crippen LogP contribution in [0.5, 0.6) is 11.5 Å². The molecule has 2 aliphatic rings. The summed E-state index contributed by atoms with van der Waals surface area (Å²) < 4.78 is 35.7. The summed E-state index contributed by atoms with van der Waals surface area (Å²) in [6.45, 7) is 6.94. The second-order valence-electron chi connectivity index (χ2n) is 5.94. The average Bonchev–Trinajstić information content (AvgIpc) is 2.65. The number of ether oxygens (including phenoxy) is 3. The van der Waals surface area contributed by atoms with Crippen molar-refractivity contribution in [1.82, 2.24) is 14.9 Å². The summed E-state index contributed by atoms with van der Waals surface area (Å²) >= 11 is 0. The number of rotatable bonds is 7. The molecule has 0 saturated carbocycles. The summed E-state index contributed by atoms with van der Waals surface area (Å²) in [5.74, 6) is 0.885. The van der Waals surface area contributed by atoms with Crippen LogP contribution in [0, 0.1) is 0 Å². The van der Waals surface area contributed by atoms with E-state index in [9.17, 15) is 4.57 Å². The Bertz CT molecular complexity index is 604. The van der Waals surface area contributed by atoms with Crippen LogP contribution in [0.3, 0.4) is 0 Å². The Balaban J connectivity index is 1.84. The molecule has 3 rings (SSSR count). The van der Waals surface area contributed by atoms with E-state index in [1.807, 2.05) is 23.0 Å². The Labute approximate surface area is 154 Å². The van der Waals surface area contributed by atoms with Crippen LogP contribution < -0.4 is 14.8 Å². The third-order valence-corrected chi connectivity index (χ3v) is 5.57. The molecule has 0 bridgehead atoms. The lowest BCUT2D eigenvalue weighted by molar-refractivity contribution is -0.174. The smallest absolute Gasteiger partial charge is 0.418 e. The second-order valence-corrected chi connectivity index (χ2v) is 7.60. The maximum atomic E-state index is 13.5. The summed E-state index contributed by atoms with van der Waals surface area (Å²) in [7, 11) is -3.72. The monoisotopic (exact) mass is 386 g/mol. The van der Waals surface area contributed by atoms with Crippen molar-refractivity contribution >= 4 is 7.67 Å². The van der Waals surface area contributed by atoms with E-state index in [2.05, 4.69) is 0 Å². The van der Waals surface area contributed by atoms with E-state index in [4.69, 9.17) is 24.2 Å². The molecule has 2 heterocycles. The summed E-state index contributed by atoms with van der Waals surface area (Å²) in [6, 6.07) is 7.11. The maximum Gasteiger partial charge on any atom is 0.418 e. The molecule has 0 aliphatic carbocycles. The van der Waals surface area contributed by atoms with Gasteiger partial charge in [0.1, 0.15) is 0 Å². The number of hydrogen-bond donors (Lipinski definition) is 1. The highest BCUT2D eigenvalue weighted by Crippen LogP contribution is 2.48. The molecule has 2 N–H and O–H groups in total. The molecule has 0 spiro atoms. The molecular weight excluding hydrogens is 359 g/mol. The zero-order valence-corrected chi connectivity index (χ0v) is 16.0. The van der Waals surface area contributed by atoms with Crippen LogP contribution in [0.15, 0.2) is 24.3 Å². The fraction of sp³-hybridized carbons (Fsp3) is 0.625. The average molecular weight is 386 g/mol. The highest BCUT2D eigenvalue weighted by molar-refractivity contribution is 7.54. The standard InChI is InChI=1S/C16H27N4O5P/c1-2-24-15-5-3-4-6-16(15)25-26(17,21)20(18-7-11-22-12-8-18)19-9-13-23-14-10-19/h3-6H,2,7-14H2,1H3,(H2,17,21). The Kier molecular flexibility index (Phi) is 6.88. The fourth-order valence-corrected chi connectivity index (χ4v) is 4.54. The van der Waals surface area contributed by atoms with Crippen molar-refractivity contribution < 1.29 is 23.3 Å². The van der Waals surface area contributed by atoms with Gasteiger partial charge in [-0.2, -0.15) is 0 Å². The first-order valence-corrected chi connectivity index (χ1v) is 10.5. The molecule has 2 fully saturated rings. The van der Waals surface area contributed by atoms with Gasteiger partial charge in [0.2, 0.25) is 0 Å². The van der Waals surface area contributed by atoms with Gasteiger partial charge in [-0.25, -0.2) is 20.1 Å². The van der Waals surface area contributed by atoms with Gasteiger partial charge >= 0.3 is 7.67 Å². The molecule has 0 amide bonds. The fourth-order valence-electron chi connectivity index (χ4n) is 2.97. The van der Waals surface area contributed by atoms with Gasteiger partial charge in [0, 0.05) is 26.2 Å². The zero-order chi connectivity index (χ0) is 18.4. The van der Waals surface area contributed by atoms with E-state index in [0.717, 1.165) is 0 Å². The minimum absolute atomic E-state index is 0.367. The number of benzene rings is 1. The first kappa shape index (κ1) is 19.6. The van der Waals surface area contributed by atoms with Crippen LogP contribution in [-0.4, -0.2) is 74.1 Å². The third kappa shape index (κ3) is 4.75. The normalized spacial score (nSPS) is 22.1. The van der Waals surface area contributed by atoms with Gasteiger partial charge in [0.25, 0.3) is 0 Å². The van der Waals surface area contributed by atoms with Crippen molar-refractivity contribution in [1.29, 1.82) is 0 Å². The third-order valence-electron chi connectivity index (χ3n) is 4.11. The zero-order valence-electron chi connectivity index (χ0n) is 15.1. The van der Waals surface area contributed by atoms with Crippen molar-refractivity contribution in [3.05, 3.63) is 24.3 Å². The van der Waals surface area contributed by atoms with Gasteiger partial charge in [0.05, 0.1) is 33.0 Å². The topological polar surface area (TPSA) is 89.7 Å². The number of hydrogen-bond acceptors (Lipinski definition) is 7. The largest absolute Gasteiger partial charge is 0.490 e. The van der Waals surface area contributed by atoms with Gasteiger partial charge in [-0.1, -0.05) is 17.0 Å². The van der Waals surface area contributed by atoms with Crippen molar-refractivity contribution in [2.45, 2.75) is 6.92 Å². The van der Waals surface area contributed by atoms with Crippen molar-refractivity contribution in [3.8, 4) is 11.5 Å². The van der Waals surface area contributed by atoms with Crippen LogP contribution in [0.25, 0.3) is 0 Å². The predicted octanol–water partition coefficient (Wildman–Crippen LogP) is 1.33. The second kappa shape index (κ2) is 9.14. The molecule has 1 aromatic rings. The number of morpholine rings is 2. The summed E-state index contributed by atoms with van der Waals surface area (Å²) in [5, 5.41) is 3.86. The summed E-state index contributed by atoms with van der Waals surface area (Å²) in [4.78, 5) is 1.58. The number of para-hydroxylation sites is 2. The van der Waals surface area contributed by atoms with Gasteiger partial charge in [-0.15, -0.1) is 0 Å². The molecule has 1 unspecified atom stereocenters. The molecule has 0 aromatic heterocycles. The molecule has 0 radical (unpaired) electrons. The van der Waals surface area contributed by atoms with E-state index in [1.54, 1.807) is 23.1 Å². The molecule has 146 valence electrons. The summed E-state index contributed by atoms with van der Waals surface area (Å²) in [6.07, 6.45) is 0. The van der Waals surface area contributed by atoms with E-state index in [0.29, 0.717) is 70.7 Å². The Morgan fingerprint density at radius 2 is 1.54 bits per heavy atom. The Morgan fingerprint density at radius 1 is 1.04 bits per heavy atom. The van der Waals surface area contributed by atoms with Crippen molar-refractivity contribution in [3.63, 3.8) is 0 Å². The van der Waals surface area contributed by atoms with Gasteiger partial charge in [0.15, 0.2) is 11.5 Å². The molecular formula is C16H27N4O5P. The van der Waals surface area contributed by atoms with Crippen molar-refractivity contribution in [2.24, 2.45) is 5.50 Å². The Morgan fingerprint density at radius 3 is 2.04 bits per heavy atom. The molecule has 1 aromatic carbocycles. The first-order valence-electron chi connectivity index (χ1n) is 8.87. The van der Waals surface area contributed by atoms with Crippen LogP contribution in [0.2, 0.25) is 0 Å². The molecule has 10 heteroatoms. The van der Waals surface area contributed by atoms with Crippen LogP contribution in [0.4, 0.5) is 0 Å². The number of nitrogens with two attached hydrogens (primary N) is 1. The van der Waals surface area contributed by atoms with Gasteiger partial charge in [-0.3, -0.25) is 0 Å². The SMILES string of the molecule is CCOc1ccccc1OP(N)(=O)N(N1CCOCC1)N1CCOCC1. The quantitative estimate of drug-likeness (QED) is 0.697. The molecule has 26 heavy (non-hydrogen) atoms. The van der Waals surface area contributed by atoms with Crippen LogP contribution >= 0.6 is 7.67 Å². The van der Waals surface area contributed by atoms with E-state index < -0.39 is 7.67 Å². The minimum Gasteiger partial charge on any atom is -0.490 e. The number of nitrogens with zero attached hydrogens (tertiary/aromatic N) is 3. The van der Waals surface area contributed by atoms with Crippen LogP contribution in [-0.2, 0) is 14.0 Å². The van der Waals surface area contributed by atoms with Crippen molar-refractivity contribution in [2.75, 3.05) is 59.2 Å². The highest BCUT2D eigenvalue weighted by atomic mass is 31.2. The number of hydrazine groups is 2. The van der Waals surface area contributed by atoms with Crippen LogP contribution in [0.1, 0.15) is 6.92 Å². The predicted molar refractivity (Wildman–Crippen MR) is 96.7 cm³/mol. The lowest BCUT2D eigenvalue weighted by Gasteiger charge is -2.45. The van der Waals surface area contributed by atoms with Gasteiger partial charge in [-0.05, 0) is 19.1 Å². The van der Waals surface area contributed by atoms with E-state index in [-0.39, 0.29) is 0 Å². The molecule has 1 atom stereocenters. The lowest BCUT2D eigenvalue weighted by Crippen LogP contribution is -2.58. The maximum absolute atomic E-state index is 13.5. The van der Waals surface area contributed by atoms with E-state index >= 15 is 0 Å². The molecule has 2 saturated heterocycles. The lowest BCUT2D eigenvalue weighted by atomic mass is 10.3.